The first-order chi connectivity index (χ1) is 6.16. The molecule has 0 atom stereocenters. The number of rotatable bonds is 7. The molecule has 0 N–H and O–H groups in total. The molecule has 74 valence electrons. The highest BCUT2D eigenvalue weighted by atomic mass is 32.1. The van der Waals surface area contributed by atoms with Crippen LogP contribution in [-0.4, -0.2) is 23.7 Å². The number of esters is 1. The summed E-state index contributed by atoms with van der Waals surface area (Å²) >= 11 is 4.60. The number of unbranched alkanes of at least 4 members (excludes halogenated alkanes) is 1. The molecule has 0 bridgehead atoms. The molecule has 0 fully saturated rings. The fraction of sp³-hybridized carbons (Fsp3) is 0.667. The van der Waals surface area contributed by atoms with Crippen molar-refractivity contribution >= 4 is 29.3 Å². The largest absolute Gasteiger partial charge is 0.465 e. The summed E-state index contributed by atoms with van der Waals surface area (Å²) in [6.07, 6.45) is 2.16. The third-order valence-corrected chi connectivity index (χ3v) is 1.66. The summed E-state index contributed by atoms with van der Waals surface area (Å²) in [5.74, 6) is -0.218. The first kappa shape index (κ1) is 12.2. The minimum atomic E-state index is -0.252. The summed E-state index contributed by atoms with van der Waals surface area (Å²) in [4.78, 5) is 21.4. The number of Topliss-reactive ketones (excluding diaryl/α,β-unsaturated/α-hetero) is 1. The van der Waals surface area contributed by atoms with E-state index in [0.29, 0.717) is 12.8 Å². The number of carbonyl (C=O) groups is 2. The van der Waals surface area contributed by atoms with Crippen LogP contribution in [0.1, 0.15) is 32.6 Å². The van der Waals surface area contributed by atoms with Crippen molar-refractivity contribution in [2.45, 2.75) is 32.6 Å². The van der Waals surface area contributed by atoms with Crippen molar-refractivity contribution in [3.63, 3.8) is 0 Å². The average Bonchev–Trinajstić information content (AvgIpc) is 2.04. The van der Waals surface area contributed by atoms with Crippen LogP contribution in [0.2, 0.25) is 0 Å². The Labute approximate surface area is 83.5 Å². The highest BCUT2D eigenvalue weighted by Crippen LogP contribution is 1.96. The van der Waals surface area contributed by atoms with Gasteiger partial charge in [0.05, 0.1) is 6.61 Å². The van der Waals surface area contributed by atoms with Gasteiger partial charge in [-0.15, -0.1) is 0 Å². The fourth-order valence-corrected chi connectivity index (χ4v) is 0.877. The lowest BCUT2D eigenvalue weighted by Gasteiger charge is -2.01. The van der Waals surface area contributed by atoms with Gasteiger partial charge in [0.25, 0.3) is 0 Å². The van der Waals surface area contributed by atoms with Crippen molar-refractivity contribution in [2.75, 3.05) is 6.61 Å². The molecule has 0 heterocycles. The van der Waals surface area contributed by atoms with E-state index in [1.807, 2.05) is 0 Å². The summed E-state index contributed by atoms with van der Waals surface area (Å²) in [5, 5.41) is 1.60. The zero-order valence-electron chi connectivity index (χ0n) is 7.75. The second-order valence-corrected chi connectivity index (χ2v) is 3.06. The van der Waals surface area contributed by atoms with Crippen LogP contribution in [0.4, 0.5) is 0 Å². The van der Waals surface area contributed by atoms with Crippen LogP contribution in [0.25, 0.3) is 0 Å². The van der Waals surface area contributed by atoms with E-state index in [0.717, 1.165) is 12.8 Å². The van der Waals surface area contributed by atoms with Gasteiger partial charge in [-0.05, 0) is 25.1 Å². The zero-order chi connectivity index (χ0) is 10.1. The third kappa shape index (κ3) is 9.14. The second-order valence-electron chi connectivity index (χ2n) is 2.73. The van der Waals surface area contributed by atoms with Gasteiger partial charge in [0, 0.05) is 12.8 Å². The summed E-state index contributed by atoms with van der Waals surface area (Å²) in [6.45, 7) is 1.67. The van der Waals surface area contributed by atoms with E-state index in [2.05, 4.69) is 12.2 Å². The Morgan fingerprint density at radius 2 is 2.08 bits per heavy atom. The Hall–Kier alpha value is -0.770. The van der Waals surface area contributed by atoms with E-state index in [1.54, 1.807) is 5.37 Å². The summed E-state index contributed by atoms with van der Waals surface area (Å²) in [6, 6.07) is 0. The predicted molar refractivity (Wildman–Crippen MR) is 53.8 cm³/mol. The van der Waals surface area contributed by atoms with Gasteiger partial charge in [-0.25, -0.2) is 0 Å². The van der Waals surface area contributed by atoms with Crippen molar-refractivity contribution in [3.05, 3.63) is 0 Å². The smallest absolute Gasteiger partial charge is 0.305 e. The standard InChI is InChI=1S/C9H14O3S/c1-8(10)5-6-12-9(11)4-2-3-7-13/h7H,2-6H2,1H3. The molecule has 0 radical (unpaired) electrons. The molecule has 4 heteroatoms. The normalized spacial score (nSPS) is 9.31. The van der Waals surface area contributed by atoms with Crippen LogP contribution in [0.5, 0.6) is 0 Å². The maximum absolute atomic E-state index is 10.9. The molecular weight excluding hydrogens is 188 g/mol. The maximum atomic E-state index is 10.9. The van der Waals surface area contributed by atoms with E-state index in [9.17, 15) is 9.59 Å². The Balaban J connectivity index is 3.30. The van der Waals surface area contributed by atoms with Crippen molar-refractivity contribution < 1.29 is 14.3 Å². The molecular formula is C9H14O3S. The van der Waals surface area contributed by atoms with Crippen LogP contribution in [0, 0.1) is 0 Å². The molecule has 0 aromatic heterocycles. The highest BCUT2D eigenvalue weighted by molar-refractivity contribution is 7.78. The Morgan fingerprint density at radius 3 is 2.62 bits per heavy atom. The van der Waals surface area contributed by atoms with Crippen molar-refractivity contribution in [2.24, 2.45) is 0 Å². The molecule has 0 rings (SSSR count). The number of ketones is 1. The lowest BCUT2D eigenvalue weighted by molar-refractivity contribution is -0.144. The molecule has 0 unspecified atom stereocenters. The van der Waals surface area contributed by atoms with Crippen LogP contribution < -0.4 is 0 Å². The first-order valence-corrected chi connectivity index (χ1v) is 4.72. The fourth-order valence-electron chi connectivity index (χ4n) is 0.710. The minimum Gasteiger partial charge on any atom is -0.465 e. The van der Waals surface area contributed by atoms with E-state index in [4.69, 9.17) is 4.74 Å². The van der Waals surface area contributed by atoms with Crippen LogP contribution in [0.3, 0.4) is 0 Å². The van der Waals surface area contributed by atoms with Crippen molar-refractivity contribution in [3.8, 4) is 0 Å². The number of hydrogen-bond acceptors (Lipinski definition) is 4. The Kier molecular flexibility index (Phi) is 7.39. The van der Waals surface area contributed by atoms with Gasteiger partial charge in [-0.3, -0.25) is 9.59 Å². The molecule has 0 saturated carbocycles. The monoisotopic (exact) mass is 202 g/mol. The summed E-state index contributed by atoms with van der Waals surface area (Å²) < 4.78 is 4.79. The van der Waals surface area contributed by atoms with Crippen molar-refractivity contribution in [1.29, 1.82) is 0 Å². The quantitative estimate of drug-likeness (QED) is 0.358. The molecule has 0 aliphatic carbocycles. The molecule has 0 amide bonds. The van der Waals surface area contributed by atoms with Crippen LogP contribution in [-0.2, 0) is 14.3 Å². The van der Waals surface area contributed by atoms with Gasteiger partial charge in [0.15, 0.2) is 0 Å². The van der Waals surface area contributed by atoms with E-state index < -0.39 is 0 Å². The molecule has 13 heavy (non-hydrogen) atoms. The predicted octanol–water partition coefficient (Wildman–Crippen LogP) is 1.68. The van der Waals surface area contributed by atoms with Crippen LogP contribution in [0.15, 0.2) is 0 Å². The first-order valence-electron chi connectivity index (χ1n) is 4.25. The lowest BCUT2D eigenvalue weighted by atomic mass is 10.2. The average molecular weight is 202 g/mol. The Bertz CT molecular complexity index is 189. The maximum Gasteiger partial charge on any atom is 0.305 e. The molecule has 0 saturated heterocycles. The molecule has 3 nitrogen and oxygen atoms in total. The van der Waals surface area contributed by atoms with Gasteiger partial charge in [0.1, 0.15) is 5.78 Å². The van der Waals surface area contributed by atoms with Gasteiger partial charge in [-0.1, -0.05) is 12.2 Å². The highest BCUT2D eigenvalue weighted by Gasteiger charge is 2.02. The second kappa shape index (κ2) is 7.86. The SMILES string of the molecule is CC(=O)CCOC(=O)CCCC=S. The third-order valence-electron chi connectivity index (χ3n) is 1.42. The summed E-state index contributed by atoms with van der Waals surface area (Å²) in [7, 11) is 0. The van der Waals surface area contributed by atoms with Gasteiger partial charge >= 0.3 is 5.97 Å². The molecule has 0 spiro atoms. The summed E-state index contributed by atoms with van der Waals surface area (Å²) in [5.41, 5.74) is 0. The molecule has 0 aliphatic heterocycles. The number of thiocarbonyl (C=S) groups is 1. The molecule has 0 aliphatic rings. The van der Waals surface area contributed by atoms with Crippen molar-refractivity contribution in [1.82, 2.24) is 0 Å². The number of carbonyl (C=O) groups excluding carboxylic acids is 2. The number of hydrogen-bond donors (Lipinski definition) is 0. The lowest BCUT2D eigenvalue weighted by Crippen LogP contribution is -2.07. The van der Waals surface area contributed by atoms with Gasteiger partial charge in [-0.2, -0.15) is 0 Å². The van der Waals surface area contributed by atoms with E-state index >= 15 is 0 Å². The topological polar surface area (TPSA) is 43.4 Å². The van der Waals surface area contributed by atoms with Crippen LogP contribution >= 0.6 is 12.2 Å². The molecule has 0 aromatic carbocycles. The van der Waals surface area contributed by atoms with Gasteiger partial charge < -0.3 is 4.74 Å². The Morgan fingerprint density at radius 1 is 1.38 bits per heavy atom. The van der Waals surface area contributed by atoms with Gasteiger partial charge in [0.2, 0.25) is 0 Å². The zero-order valence-corrected chi connectivity index (χ0v) is 8.56. The number of ether oxygens (including phenoxy) is 1. The molecule has 0 aromatic rings. The van der Waals surface area contributed by atoms with E-state index in [1.165, 1.54) is 6.92 Å². The minimum absolute atomic E-state index is 0.0340. The van der Waals surface area contributed by atoms with E-state index in [-0.39, 0.29) is 18.4 Å².